The standard InChI is InChI=1S/C13H15N3O5/c14-16-15-9-10(17)11-8(20-12(9)18)6-19-13(21-11)7-4-2-1-3-5-7/h1-5,8-13,17-18H,6H2/t8?,9?,10-,11-,12+,13?/m1/s1. The molecule has 2 heterocycles. The highest BCUT2D eigenvalue weighted by Gasteiger charge is 2.48. The summed E-state index contributed by atoms with van der Waals surface area (Å²) in [5.41, 5.74) is 9.31. The average Bonchev–Trinajstić information content (AvgIpc) is 2.52. The van der Waals surface area contributed by atoms with Crippen LogP contribution in [-0.2, 0) is 14.2 Å². The van der Waals surface area contributed by atoms with Crippen LogP contribution in [0, 0.1) is 0 Å². The normalized spacial score (nSPS) is 39.1. The number of fused-ring (bicyclic) bond motifs is 1. The first kappa shape index (κ1) is 14.3. The highest BCUT2D eigenvalue weighted by atomic mass is 16.7. The number of rotatable bonds is 2. The Labute approximate surface area is 120 Å². The second-order valence-corrected chi connectivity index (χ2v) is 4.93. The van der Waals surface area contributed by atoms with E-state index in [0.717, 1.165) is 5.56 Å². The molecule has 0 radical (unpaired) electrons. The van der Waals surface area contributed by atoms with E-state index >= 15 is 0 Å². The SMILES string of the molecule is [N-]=[N+]=NC1[C@@H](O)[C@@H]2OC(c3ccccc3)OCC2O[C@@H]1O. The van der Waals surface area contributed by atoms with Gasteiger partial charge < -0.3 is 24.4 Å². The minimum atomic E-state index is -1.38. The van der Waals surface area contributed by atoms with Gasteiger partial charge in [-0.2, -0.15) is 0 Å². The Morgan fingerprint density at radius 3 is 2.67 bits per heavy atom. The van der Waals surface area contributed by atoms with Crippen molar-refractivity contribution in [3.63, 3.8) is 0 Å². The highest BCUT2D eigenvalue weighted by Crippen LogP contribution is 2.34. The molecular formula is C13H15N3O5. The molecule has 3 unspecified atom stereocenters. The van der Waals surface area contributed by atoms with Gasteiger partial charge in [0.1, 0.15) is 18.2 Å². The smallest absolute Gasteiger partial charge is 0.184 e. The van der Waals surface area contributed by atoms with Crippen molar-refractivity contribution >= 4 is 0 Å². The molecule has 0 saturated carbocycles. The molecule has 8 heteroatoms. The number of azide groups is 1. The quantitative estimate of drug-likeness (QED) is 0.476. The lowest BCUT2D eigenvalue weighted by molar-refractivity contribution is -0.335. The molecule has 2 N–H and O–H groups in total. The van der Waals surface area contributed by atoms with E-state index in [2.05, 4.69) is 10.0 Å². The second kappa shape index (κ2) is 5.98. The third-order valence-electron chi connectivity index (χ3n) is 3.61. The average molecular weight is 293 g/mol. The number of benzene rings is 1. The van der Waals surface area contributed by atoms with Crippen LogP contribution in [0.5, 0.6) is 0 Å². The molecule has 112 valence electrons. The van der Waals surface area contributed by atoms with Crippen molar-refractivity contribution in [1.29, 1.82) is 0 Å². The number of aliphatic hydroxyl groups excluding tert-OH is 2. The Kier molecular flexibility index (Phi) is 4.07. The number of hydrogen-bond donors (Lipinski definition) is 2. The fourth-order valence-corrected chi connectivity index (χ4v) is 2.56. The van der Waals surface area contributed by atoms with Gasteiger partial charge in [-0.3, -0.25) is 0 Å². The van der Waals surface area contributed by atoms with Gasteiger partial charge in [0.25, 0.3) is 0 Å². The summed E-state index contributed by atoms with van der Waals surface area (Å²) in [4.78, 5) is 2.61. The summed E-state index contributed by atoms with van der Waals surface area (Å²) in [5, 5.41) is 23.3. The van der Waals surface area contributed by atoms with E-state index in [1.807, 2.05) is 30.3 Å². The second-order valence-electron chi connectivity index (χ2n) is 4.93. The van der Waals surface area contributed by atoms with Gasteiger partial charge in [-0.25, -0.2) is 0 Å². The molecule has 0 spiro atoms. The van der Waals surface area contributed by atoms with Crippen LogP contribution in [0.3, 0.4) is 0 Å². The third kappa shape index (κ3) is 2.73. The van der Waals surface area contributed by atoms with Crippen LogP contribution in [0.4, 0.5) is 0 Å². The molecule has 1 aromatic rings. The summed E-state index contributed by atoms with van der Waals surface area (Å²) < 4.78 is 16.6. The minimum Gasteiger partial charge on any atom is -0.390 e. The zero-order valence-corrected chi connectivity index (χ0v) is 11.0. The van der Waals surface area contributed by atoms with Crippen molar-refractivity contribution in [2.45, 2.75) is 36.9 Å². The Morgan fingerprint density at radius 1 is 1.19 bits per heavy atom. The van der Waals surface area contributed by atoms with E-state index < -0.39 is 36.9 Å². The van der Waals surface area contributed by atoms with Crippen LogP contribution in [0.25, 0.3) is 10.4 Å². The summed E-state index contributed by atoms with van der Waals surface area (Å²) in [5.74, 6) is 0. The Bertz CT molecular complexity index is 536. The van der Waals surface area contributed by atoms with E-state index in [9.17, 15) is 10.2 Å². The number of ether oxygens (including phenoxy) is 3. The van der Waals surface area contributed by atoms with E-state index in [1.165, 1.54) is 0 Å². The number of hydrogen-bond acceptors (Lipinski definition) is 6. The predicted octanol–water partition coefficient (Wildman–Crippen LogP) is 0.858. The molecule has 0 amide bonds. The van der Waals surface area contributed by atoms with Gasteiger partial charge in [-0.1, -0.05) is 35.4 Å². The van der Waals surface area contributed by atoms with Crippen molar-refractivity contribution in [3.05, 3.63) is 46.3 Å². The van der Waals surface area contributed by atoms with Gasteiger partial charge in [-0.15, -0.1) is 0 Å². The molecule has 2 aliphatic rings. The van der Waals surface area contributed by atoms with Crippen LogP contribution in [0.2, 0.25) is 0 Å². The zero-order chi connectivity index (χ0) is 14.8. The van der Waals surface area contributed by atoms with E-state index in [0.29, 0.717) is 0 Å². The summed E-state index contributed by atoms with van der Waals surface area (Å²) in [7, 11) is 0. The van der Waals surface area contributed by atoms with Crippen molar-refractivity contribution < 1.29 is 24.4 Å². The van der Waals surface area contributed by atoms with E-state index in [1.54, 1.807) is 0 Å². The monoisotopic (exact) mass is 293 g/mol. The predicted molar refractivity (Wildman–Crippen MR) is 69.8 cm³/mol. The van der Waals surface area contributed by atoms with Crippen molar-refractivity contribution in [3.8, 4) is 0 Å². The molecule has 0 bridgehead atoms. The third-order valence-corrected chi connectivity index (χ3v) is 3.61. The largest absolute Gasteiger partial charge is 0.390 e. The van der Waals surface area contributed by atoms with Crippen LogP contribution < -0.4 is 0 Å². The van der Waals surface area contributed by atoms with Crippen molar-refractivity contribution in [1.82, 2.24) is 0 Å². The maximum atomic E-state index is 10.2. The molecule has 0 aliphatic carbocycles. The molecule has 6 atom stereocenters. The fourth-order valence-electron chi connectivity index (χ4n) is 2.56. The topological polar surface area (TPSA) is 117 Å². The van der Waals surface area contributed by atoms with Crippen LogP contribution in [0.1, 0.15) is 11.9 Å². The first-order chi connectivity index (χ1) is 10.2. The molecule has 8 nitrogen and oxygen atoms in total. The fraction of sp³-hybridized carbons (Fsp3) is 0.538. The first-order valence-corrected chi connectivity index (χ1v) is 6.58. The molecule has 0 aromatic heterocycles. The molecule has 1 aromatic carbocycles. The molecule has 2 saturated heterocycles. The van der Waals surface area contributed by atoms with Gasteiger partial charge in [0, 0.05) is 10.5 Å². The van der Waals surface area contributed by atoms with Gasteiger partial charge in [0.05, 0.1) is 12.7 Å². The maximum Gasteiger partial charge on any atom is 0.184 e. The lowest BCUT2D eigenvalue weighted by atomic mass is 9.96. The molecule has 2 fully saturated rings. The Hall–Kier alpha value is -1.67. The number of aliphatic hydroxyl groups is 2. The summed E-state index contributed by atoms with van der Waals surface area (Å²) in [6, 6.07) is 8.18. The maximum absolute atomic E-state index is 10.2. The Balaban J connectivity index is 1.78. The molecule has 3 rings (SSSR count). The summed E-state index contributed by atoms with van der Waals surface area (Å²) in [6.07, 6.45) is -4.52. The highest BCUT2D eigenvalue weighted by molar-refractivity contribution is 5.16. The summed E-state index contributed by atoms with van der Waals surface area (Å²) in [6.45, 7) is 0.168. The van der Waals surface area contributed by atoms with Crippen LogP contribution in [-0.4, -0.2) is 47.5 Å². The molecular weight excluding hydrogens is 278 g/mol. The van der Waals surface area contributed by atoms with Crippen LogP contribution in [0.15, 0.2) is 35.4 Å². The number of nitrogens with zero attached hydrogens (tertiary/aromatic N) is 3. The first-order valence-electron chi connectivity index (χ1n) is 6.58. The molecule has 21 heavy (non-hydrogen) atoms. The van der Waals surface area contributed by atoms with Crippen molar-refractivity contribution in [2.24, 2.45) is 5.11 Å². The molecule has 2 aliphatic heterocycles. The van der Waals surface area contributed by atoms with E-state index in [-0.39, 0.29) is 6.61 Å². The Morgan fingerprint density at radius 2 is 1.95 bits per heavy atom. The lowest BCUT2D eigenvalue weighted by Crippen LogP contribution is -2.61. The zero-order valence-electron chi connectivity index (χ0n) is 11.0. The van der Waals surface area contributed by atoms with Gasteiger partial charge in [-0.05, 0) is 5.53 Å². The van der Waals surface area contributed by atoms with Gasteiger partial charge >= 0.3 is 0 Å². The lowest BCUT2D eigenvalue weighted by Gasteiger charge is -2.45. The summed E-state index contributed by atoms with van der Waals surface area (Å²) >= 11 is 0. The van der Waals surface area contributed by atoms with Crippen LogP contribution >= 0.6 is 0 Å². The van der Waals surface area contributed by atoms with Gasteiger partial charge in [0.15, 0.2) is 12.6 Å². The van der Waals surface area contributed by atoms with E-state index in [4.69, 9.17) is 19.7 Å². The minimum absolute atomic E-state index is 0.168. The van der Waals surface area contributed by atoms with Crippen molar-refractivity contribution in [2.75, 3.05) is 6.61 Å². The van der Waals surface area contributed by atoms with Gasteiger partial charge in [0.2, 0.25) is 0 Å².